The van der Waals surface area contributed by atoms with Crippen LogP contribution in [0.3, 0.4) is 0 Å². The van der Waals surface area contributed by atoms with Crippen LogP contribution in [0.1, 0.15) is 5.56 Å². The van der Waals surface area contributed by atoms with Crippen molar-refractivity contribution in [1.82, 2.24) is 10.6 Å². The van der Waals surface area contributed by atoms with Crippen LogP contribution >= 0.6 is 12.2 Å². The fourth-order valence-corrected chi connectivity index (χ4v) is 1.52. The molecule has 1 amide bonds. The van der Waals surface area contributed by atoms with Crippen LogP contribution in [0.15, 0.2) is 36.9 Å². The molecule has 0 spiro atoms. The van der Waals surface area contributed by atoms with E-state index in [1.807, 2.05) is 24.3 Å². The van der Waals surface area contributed by atoms with Crippen molar-refractivity contribution in [2.24, 2.45) is 0 Å². The second-order valence-electron chi connectivity index (χ2n) is 3.67. The summed E-state index contributed by atoms with van der Waals surface area (Å²) in [5.41, 5.74) is 1.85. The van der Waals surface area contributed by atoms with Gasteiger partial charge in [-0.15, -0.1) is 6.58 Å². The lowest BCUT2D eigenvalue weighted by atomic mass is 10.1. The Morgan fingerprint density at radius 2 is 2.06 bits per heavy atom. The van der Waals surface area contributed by atoms with Gasteiger partial charge in [-0.1, -0.05) is 18.2 Å². The molecular weight excluding hydrogens is 246 g/mol. The van der Waals surface area contributed by atoms with Crippen LogP contribution in [0.4, 0.5) is 5.69 Å². The van der Waals surface area contributed by atoms with Crippen LogP contribution in [0.25, 0.3) is 0 Å². The summed E-state index contributed by atoms with van der Waals surface area (Å²) in [7, 11) is 1.63. The van der Waals surface area contributed by atoms with Gasteiger partial charge in [-0.3, -0.25) is 4.79 Å². The lowest BCUT2D eigenvalue weighted by Crippen LogP contribution is -2.28. The number of hydrogen-bond donors (Lipinski definition) is 3. The monoisotopic (exact) mass is 263 g/mol. The zero-order valence-electron chi connectivity index (χ0n) is 10.3. The second kappa shape index (κ2) is 7.45. The van der Waals surface area contributed by atoms with Crippen molar-refractivity contribution >= 4 is 28.9 Å². The van der Waals surface area contributed by atoms with E-state index in [9.17, 15) is 4.79 Å². The summed E-state index contributed by atoms with van der Waals surface area (Å²) >= 11 is 5.09. The Morgan fingerprint density at radius 1 is 1.39 bits per heavy atom. The van der Waals surface area contributed by atoms with Crippen molar-refractivity contribution in [3.63, 3.8) is 0 Å². The van der Waals surface area contributed by atoms with E-state index >= 15 is 0 Å². The minimum Gasteiger partial charge on any atom is -0.359 e. The summed E-state index contributed by atoms with van der Waals surface area (Å²) in [6, 6.07) is 7.57. The third-order valence-corrected chi connectivity index (χ3v) is 2.51. The fourth-order valence-electron chi connectivity index (χ4n) is 1.32. The summed E-state index contributed by atoms with van der Waals surface area (Å²) in [6.07, 6.45) is 2.12. The molecule has 0 atom stereocenters. The number of likely N-dealkylation sites (N-methyl/N-ethyl adjacent to an activating group) is 1. The molecule has 0 saturated heterocycles. The Balaban J connectivity index is 2.52. The Kier molecular flexibility index (Phi) is 5.87. The fraction of sp³-hybridized carbons (Fsp3) is 0.231. The van der Waals surface area contributed by atoms with Gasteiger partial charge in [0.15, 0.2) is 5.11 Å². The molecule has 0 heterocycles. The van der Waals surface area contributed by atoms with Crippen molar-refractivity contribution in [2.45, 2.75) is 6.42 Å². The summed E-state index contributed by atoms with van der Waals surface area (Å²) in [4.78, 5) is 11.2. The van der Waals surface area contributed by atoms with Gasteiger partial charge in [0.2, 0.25) is 5.91 Å². The number of thiocarbonyl (C=S) groups is 1. The van der Waals surface area contributed by atoms with Gasteiger partial charge in [0.25, 0.3) is 0 Å². The average molecular weight is 263 g/mol. The van der Waals surface area contributed by atoms with E-state index in [1.54, 1.807) is 13.1 Å². The molecule has 96 valence electrons. The smallest absolute Gasteiger partial charge is 0.224 e. The highest BCUT2D eigenvalue weighted by Crippen LogP contribution is 2.09. The zero-order chi connectivity index (χ0) is 13.4. The van der Waals surface area contributed by atoms with E-state index in [0.29, 0.717) is 18.1 Å². The number of rotatable bonds is 5. The first-order valence-corrected chi connectivity index (χ1v) is 6.02. The summed E-state index contributed by atoms with van der Waals surface area (Å²) < 4.78 is 0. The molecule has 0 aliphatic carbocycles. The minimum atomic E-state index is -0.00104. The number of anilines is 1. The van der Waals surface area contributed by atoms with Crippen molar-refractivity contribution in [3.05, 3.63) is 42.5 Å². The van der Waals surface area contributed by atoms with Gasteiger partial charge in [0, 0.05) is 19.3 Å². The standard InChI is InChI=1S/C13H17N3OS/c1-3-8-15-13(18)16-11-6-4-10(5-7-11)9-12(17)14-2/h3-7H,1,8-9H2,2H3,(H,14,17)(H2,15,16,18). The molecule has 4 nitrogen and oxygen atoms in total. The molecule has 0 radical (unpaired) electrons. The Bertz CT molecular complexity index is 428. The highest BCUT2D eigenvalue weighted by atomic mass is 32.1. The van der Waals surface area contributed by atoms with E-state index < -0.39 is 0 Å². The Morgan fingerprint density at radius 3 is 2.61 bits per heavy atom. The minimum absolute atomic E-state index is 0.00104. The first-order valence-electron chi connectivity index (χ1n) is 5.61. The normalized spacial score (nSPS) is 9.39. The van der Waals surface area contributed by atoms with Crippen molar-refractivity contribution in [3.8, 4) is 0 Å². The second-order valence-corrected chi connectivity index (χ2v) is 4.08. The molecule has 1 rings (SSSR count). The molecule has 0 bridgehead atoms. The predicted molar refractivity (Wildman–Crippen MR) is 78.6 cm³/mol. The Hall–Kier alpha value is -1.88. The van der Waals surface area contributed by atoms with E-state index in [1.165, 1.54) is 0 Å². The van der Waals surface area contributed by atoms with Crippen LogP contribution in [-0.4, -0.2) is 24.6 Å². The van der Waals surface area contributed by atoms with Crippen molar-refractivity contribution in [2.75, 3.05) is 18.9 Å². The van der Waals surface area contributed by atoms with Crippen LogP contribution in [0.5, 0.6) is 0 Å². The van der Waals surface area contributed by atoms with E-state index in [4.69, 9.17) is 12.2 Å². The maximum absolute atomic E-state index is 11.2. The van der Waals surface area contributed by atoms with Gasteiger partial charge in [-0.25, -0.2) is 0 Å². The molecular formula is C13H17N3OS. The third-order valence-electron chi connectivity index (χ3n) is 2.26. The molecule has 0 aromatic heterocycles. The van der Waals surface area contributed by atoms with E-state index in [2.05, 4.69) is 22.5 Å². The lowest BCUT2D eigenvalue weighted by molar-refractivity contribution is -0.119. The highest BCUT2D eigenvalue weighted by molar-refractivity contribution is 7.80. The molecule has 0 aliphatic heterocycles. The molecule has 0 saturated carbocycles. The summed E-state index contributed by atoms with van der Waals surface area (Å²) in [5.74, 6) is -0.00104. The van der Waals surface area contributed by atoms with E-state index in [0.717, 1.165) is 11.3 Å². The predicted octanol–water partition coefficient (Wildman–Crippen LogP) is 1.45. The number of nitrogens with one attached hydrogen (secondary N) is 3. The molecule has 0 unspecified atom stereocenters. The number of carbonyl (C=O) groups is 1. The molecule has 18 heavy (non-hydrogen) atoms. The number of benzene rings is 1. The van der Waals surface area contributed by atoms with Crippen LogP contribution in [-0.2, 0) is 11.2 Å². The van der Waals surface area contributed by atoms with Gasteiger partial charge in [-0.2, -0.15) is 0 Å². The highest BCUT2D eigenvalue weighted by Gasteiger charge is 2.01. The SMILES string of the molecule is C=CCNC(=S)Nc1ccc(CC(=O)NC)cc1. The first-order chi connectivity index (χ1) is 8.65. The van der Waals surface area contributed by atoms with Gasteiger partial charge >= 0.3 is 0 Å². The molecule has 3 N–H and O–H groups in total. The van der Waals surface area contributed by atoms with Gasteiger partial charge in [0.1, 0.15) is 0 Å². The zero-order valence-corrected chi connectivity index (χ0v) is 11.1. The largest absolute Gasteiger partial charge is 0.359 e. The topological polar surface area (TPSA) is 53.2 Å². The first kappa shape index (κ1) is 14.2. The van der Waals surface area contributed by atoms with Gasteiger partial charge in [-0.05, 0) is 29.9 Å². The lowest BCUT2D eigenvalue weighted by Gasteiger charge is -2.09. The third kappa shape index (κ3) is 4.97. The summed E-state index contributed by atoms with van der Waals surface area (Å²) in [5, 5.41) is 9.16. The molecule has 5 heteroatoms. The molecule has 1 aromatic rings. The van der Waals surface area contributed by atoms with Gasteiger partial charge < -0.3 is 16.0 Å². The number of carbonyl (C=O) groups excluding carboxylic acids is 1. The van der Waals surface area contributed by atoms with Crippen LogP contribution < -0.4 is 16.0 Å². The van der Waals surface area contributed by atoms with Crippen molar-refractivity contribution < 1.29 is 4.79 Å². The van der Waals surface area contributed by atoms with Gasteiger partial charge in [0.05, 0.1) is 6.42 Å². The van der Waals surface area contributed by atoms with E-state index in [-0.39, 0.29) is 5.91 Å². The quantitative estimate of drug-likeness (QED) is 0.556. The maximum atomic E-state index is 11.2. The number of amides is 1. The molecule has 0 aliphatic rings. The summed E-state index contributed by atoms with van der Waals surface area (Å²) in [6.45, 7) is 4.22. The maximum Gasteiger partial charge on any atom is 0.224 e. The van der Waals surface area contributed by atoms with Crippen LogP contribution in [0, 0.1) is 0 Å². The van der Waals surface area contributed by atoms with Crippen LogP contribution in [0.2, 0.25) is 0 Å². The molecule has 0 fully saturated rings. The van der Waals surface area contributed by atoms with Crippen molar-refractivity contribution in [1.29, 1.82) is 0 Å². The average Bonchev–Trinajstić information content (AvgIpc) is 2.38. The number of hydrogen-bond acceptors (Lipinski definition) is 2. The Labute approximate surface area is 112 Å². The molecule has 1 aromatic carbocycles.